The summed E-state index contributed by atoms with van der Waals surface area (Å²) in [7, 11) is 0. The van der Waals surface area contributed by atoms with Crippen molar-refractivity contribution >= 4 is 35.3 Å². The third-order valence-corrected chi connectivity index (χ3v) is 4.53. The lowest BCUT2D eigenvalue weighted by Crippen LogP contribution is -2.41. The smallest absolute Gasteiger partial charge is 0.243 e. The second-order valence-corrected chi connectivity index (χ2v) is 6.50. The Morgan fingerprint density at radius 1 is 1.38 bits per heavy atom. The van der Waals surface area contributed by atoms with Crippen LogP contribution in [-0.2, 0) is 23.9 Å². The molecule has 3 amide bonds. The summed E-state index contributed by atoms with van der Waals surface area (Å²) in [5, 5.41) is 2.20. The van der Waals surface area contributed by atoms with Gasteiger partial charge in [0.15, 0.2) is 0 Å². The normalized spacial score (nSPS) is 18.0. The number of ether oxygens (including phenoxy) is 1. The monoisotopic (exact) mass is 359 g/mol. The standard InChI is InChI=1S/C16H26N2O5S/c1-3-4-5-12(19)6-8-23-9-7-17-14(20)11-18-15(21)10-13(24-2)16(18)22/h13H,3-11H2,1-2H3,(H,17,20)/i1D. The molecule has 0 aromatic rings. The molecule has 0 spiro atoms. The van der Waals surface area contributed by atoms with Gasteiger partial charge in [-0.2, -0.15) is 11.8 Å². The minimum atomic E-state index is -0.404. The van der Waals surface area contributed by atoms with E-state index in [2.05, 4.69) is 5.32 Å². The molecule has 0 aromatic carbocycles. The number of ketones is 1. The van der Waals surface area contributed by atoms with E-state index in [9.17, 15) is 19.2 Å². The van der Waals surface area contributed by atoms with Gasteiger partial charge in [0.1, 0.15) is 12.3 Å². The molecule has 0 radical (unpaired) electrons. The van der Waals surface area contributed by atoms with Crippen molar-refractivity contribution in [2.45, 2.75) is 44.3 Å². The molecule has 1 atom stereocenters. The van der Waals surface area contributed by atoms with Crippen molar-refractivity contribution in [1.82, 2.24) is 10.2 Å². The van der Waals surface area contributed by atoms with E-state index in [-0.39, 0.29) is 49.0 Å². The molecule has 0 bridgehead atoms. The number of imide groups is 1. The van der Waals surface area contributed by atoms with Crippen molar-refractivity contribution in [3.63, 3.8) is 0 Å². The second kappa shape index (κ2) is 11.2. The molecule has 1 aliphatic heterocycles. The number of carbonyl (C=O) groups is 4. The fraction of sp³-hybridized carbons (Fsp3) is 0.750. The fourth-order valence-corrected chi connectivity index (χ4v) is 2.84. The highest BCUT2D eigenvalue weighted by Crippen LogP contribution is 2.22. The summed E-state index contributed by atoms with van der Waals surface area (Å²) in [5.41, 5.74) is 0. The summed E-state index contributed by atoms with van der Waals surface area (Å²) >= 11 is 1.31. The molecule has 8 heteroatoms. The Kier molecular flexibility index (Phi) is 8.83. The Morgan fingerprint density at radius 3 is 2.83 bits per heavy atom. The minimum absolute atomic E-state index is 0.117. The van der Waals surface area contributed by atoms with Crippen LogP contribution in [0.25, 0.3) is 0 Å². The van der Waals surface area contributed by atoms with Gasteiger partial charge in [0.05, 0.1) is 18.5 Å². The Balaban J connectivity index is 2.08. The fourth-order valence-electron chi connectivity index (χ4n) is 2.20. The molecular weight excluding hydrogens is 332 g/mol. The topological polar surface area (TPSA) is 92.8 Å². The third-order valence-electron chi connectivity index (χ3n) is 3.59. The first kappa shape index (κ1) is 18.9. The third kappa shape index (κ3) is 7.00. The predicted molar refractivity (Wildman–Crippen MR) is 91.6 cm³/mol. The molecule has 1 rings (SSSR count). The summed E-state index contributed by atoms with van der Waals surface area (Å²) in [4.78, 5) is 47.9. The molecule has 1 unspecified atom stereocenters. The summed E-state index contributed by atoms with van der Waals surface area (Å²) in [5.74, 6) is -0.919. The van der Waals surface area contributed by atoms with Gasteiger partial charge in [-0.25, -0.2) is 0 Å². The Bertz CT molecular complexity index is 489. The van der Waals surface area contributed by atoms with Gasteiger partial charge >= 0.3 is 0 Å². The van der Waals surface area contributed by atoms with Crippen LogP contribution >= 0.6 is 11.8 Å². The van der Waals surface area contributed by atoms with E-state index in [1.807, 2.05) is 0 Å². The highest BCUT2D eigenvalue weighted by molar-refractivity contribution is 8.00. The largest absolute Gasteiger partial charge is 0.379 e. The van der Waals surface area contributed by atoms with Crippen molar-refractivity contribution in [2.75, 3.05) is 32.6 Å². The van der Waals surface area contributed by atoms with Crippen molar-refractivity contribution in [3.8, 4) is 0 Å². The SMILES string of the molecule is [2H]CCCCC(=O)CCOCCNC(=O)CN1C(=O)CC(SC)C1=O. The van der Waals surface area contributed by atoms with Gasteiger partial charge < -0.3 is 10.1 Å². The van der Waals surface area contributed by atoms with Gasteiger partial charge in [-0.05, 0) is 12.7 Å². The van der Waals surface area contributed by atoms with Crippen molar-refractivity contribution in [1.29, 1.82) is 0 Å². The summed E-state index contributed by atoms with van der Waals surface area (Å²) in [6, 6.07) is 0. The van der Waals surface area contributed by atoms with Crippen LogP contribution in [0.3, 0.4) is 0 Å². The maximum atomic E-state index is 11.9. The maximum Gasteiger partial charge on any atom is 0.243 e. The molecule has 1 fully saturated rings. The lowest BCUT2D eigenvalue weighted by atomic mass is 10.1. The molecule has 136 valence electrons. The predicted octanol–water partition coefficient (Wildman–Crippen LogP) is 0.759. The molecular formula is C16H26N2O5S. The van der Waals surface area contributed by atoms with Crippen LogP contribution in [0.5, 0.6) is 0 Å². The number of hydrogen-bond donors (Lipinski definition) is 1. The number of thioether (sulfide) groups is 1. The maximum absolute atomic E-state index is 11.9. The molecule has 0 aliphatic carbocycles. The van der Waals surface area contributed by atoms with E-state index in [4.69, 9.17) is 6.11 Å². The van der Waals surface area contributed by atoms with Crippen LogP contribution in [-0.4, -0.2) is 66.2 Å². The van der Waals surface area contributed by atoms with E-state index in [0.717, 1.165) is 17.7 Å². The number of unbranched alkanes of at least 4 members (excludes halogenated alkanes) is 1. The van der Waals surface area contributed by atoms with Crippen LogP contribution < -0.4 is 5.32 Å². The molecule has 0 aromatic heterocycles. The highest BCUT2D eigenvalue weighted by Gasteiger charge is 2.38. The molecule has 1 N–H and O–H groups in total. The summed E-state index contributed by atoms with van der Waals surface area (Å²) in [6.45, 7) is 0.905. The number of nitrogens with one attached hydrogen (secondary N) is 1. The minimum Gasteiger partial charge on any atom is -0.379 e. The van der Waals surface area contributed by atoms with E-state index >= 15 is 0 Å². The molecule has 7 nitrogen and oxygen atoms in total. The van der Waals surface area contributed by atoms with E-state index < -0.39 is 5.91 Å². The summed E-state index contributed by atoms with van der Waals surface area (Å²) in [6.07, 6.45) is 4.19. The van der Waals surface area contributed by atoms with E-state index in [1.165, 1.54) is 11.8 Å². The first-order chi connectivity index (χ1) is 12.0. The van der Waals surface area contributed by atoms with Crippen molar-refractivity contribution in [2.24, 2.45) is 0 Å². The van der Waals surface area contributed by atoms with Gasteiger partial charge in [-0.15, -0.1) is 0 Å². The number of rotatable bonds is 12. The van der Waals surface area contributed by atoms with Crippen molar-refractivity contribution < 1.29 is 25.3 Å². The lowest BCUT2D eigenvalue weighted by Gasteiger charge is -2.14. The van der Waals surface area contributed by atoms with Crippen LogP contribution in [0.1, 0.15) is 40.4 Å². The van der Waals surface area contributed by atoms with Crippen LogP contribution in [0.2, 0.25) is 0 Å². The highest BCUT2D eigenvalue weighted by atomic mass is 32.2. The summed E-state index contributed by atoms with van der Waals surface area (Å²) < 4.78 is 12.3. The molecule has 1 aliphatic rings. The molecule has 0 saturated carbocycles. The van der Waals surface area contributed by atoms with Gasteiger partial charge in [0, 0.05) is 27.2 Å². The number of nitrogens with zero attached hydrogens (tertiary/aromatic N) is 1. The Hall–Kier alpha value is -1.41. The number of likely N-dealkylation sites (tertiary alicyclic amines) is 1. The number of amides is 3. The van der Waals surface area contributed by atoms with Gasteiger partial charge in [0.2, 0.25) is 17.7 Å². The zero-order valence-electron chi connectivity index (χ0n) is 15.0. The molecule has 1 saturated heterocycles. The zero-order chi connectivity index (χ0) is 18.7. The first-order valence-corrected chi connectivity index (χ1v) is 9.30. The van der Waals surface area contributed by atoms with Crippen LogP contribution in [0.15, 0.2) is 0 Å². The van der Waals surface area contributed by atoms with Crippen LogP contribution in [0.4, 0.5) is 0 Å². The first-order valence-electron chi connectivity index (χ1n) is 8.72. The zero-order valence-corrected chi connectivity index (χ0v) is 14.9. The number of hydrogen-bond acceptors (Lipinski definition) is 6. The van der Waals surface area contributed by atoms with Gasteiger partial charge in [-0.3, -0.25) is 24.1 Å². The number of Topliss-reactive ketones (excluding diaryl/α,β-unsaturated/α-hetero) is 1. The quantitative estimate of drug-likeness (QED) is 0.408. The van der Waals surface area contributed by atoms with E-state index in [1.54, 1.807) is 6.26 Å². The average molecular weight is 359 g/mol. The lowest BCUT2D eigenvalue weighted by molar-refractivity contribution is -0.142. The van der Waals surface area contributed by atoms with Crippen LogP contribution in [0, 0.1) is 0 Å². The second-order valence-electron chi connectivity index (χ2n) is 5.45. The van der Waals surface area contributed by atoms with E-state index in [0.29, 0.717) is 26.3 Å². The van der Waals surface area contributed by atoms with Crippen molar-refractivity contribution in [3.05, 3.63) is 0 Å². The Morgan fingerprint density at radius 2 is 2.17 bits per heavy atom. The number of carbonyl (C=O) groups excluding carboxylic acids is 4. The van der Waals surface area contributed by atoms with Gasteiger partial charge in [0.25, 0.3) is 0 Å². The van der Waals surface area contributed by atoms with Gasteiger partial charge in [-0.1, -0.05) is 13.3 Å². The molecule has 24 heavy (non-hydrogen) atoms. The molecule has 1 heterocycles. The Labute approximate surface area is 148 Å². The average Bonchev–Trinajstić information content (AvgIpc) is 2.85.